The molecule has 0 spiro atoms. The summed E-state index contributed by atoms with van der Waals surface area (Å²) in [6.45, 7) is 0. The van der Waals surface area contributed by atoms with Gasteiger partial charge in [0, 0.05) is 62.3 Å². The molecular weight excluding hydrogens is 576 g/mol. The second-order valence-electron chi connectivity index (χ2n) is 12.1. The van der Waals surface area contributed by atoms with E-state index in [0.29, 0.717) is 0 Å². The number of benzene rings is 5. The Labute approximate surface area is 267 Å². The quantitative estimate of drug-likeness (QED) is 0.186. The molecule has 0 bridgehead atoms. The highest BCUT2D eigenvalue weighted by Gasteiger charge is 2.23. The Morgan fingerprint density at radius 2 is 1.11 bits per heavy atom. The van der Waals surface area contributed by atoms with Crippen molar-refractivity contribution in [3.8, 4) is 11.4 Å². The maximum atomic E-state index is 5.12. The van der Waals surface area contributed by atoms with Gasteiger partial charge in [-0.2, -0.15) is 0 Å². The second kappa shape index (κ2) is 9.02. The molecule has 0 N–H and O–H groups in total. The third-order valence-electron chi connectivity index (χ3n) is 9.73. The number of hydrogen-bond acceptors (Lipinski definition) is 3. The van der Waals surface area contributed by atoms with Crippen molar-refractivity contribution in [3.63, 3.8) is 0 Å². The average molecular weight is 601 g/mol. The zero-order valence-corrected chi connectivity index (χ0v) is 25.0. The Morgan fingerprint density at radius 1 is 0.426 bits per heavy atom. The van der Waals surface area contributed by atoms with E-state index in [9.17, 15) is 0 Å². The Morgan fingerprint density at radius 3 is 1.89 bits per heavy atom. The predicted molar refractivity (Wildman–Crippen MR) is 192 cm³/mol. The fourth-order valence-corrected chi connectivity index (χ4v) is 7.86. The molecule has 47 heavy (non-hydrogen) atoms. The minimum atomic E-state index is 0.734. The maximum absolute atomic E-state index is 5.12. The number of aromatic nitrogens is 6. The summed E-state index contributed by atoms with van der Waals surface area (Å²) in [6.07, 6.45) is 5.65. The van der Waals surface area contributed by atoms with Crippen LogP contribution in [0.4, 0.5) is 0 Å². The summed E-state index contributed by atoms with van der Waals surface area (Å²) < 4.78 is 7.04. The van der Waals surface area contributed by atoms with E-state index < -0.39 is 0 Å². The number of hydrogen-bond donors (Lipinski definition) is 0. The van der Waals surface area contributed by atoms with Gasteiger partial charge in [-0.1, -0.05) is 54.6 Å². The molecule has 5 aromatic carbocycles. The van der Waals surface area contributed by atoms with Crippen molar-refractivity contribution in [1.82, 2.24) is 28.5 Å². The molecule has 0 unspecified atom stereocenters. The minimum absolute atomic E-state index is 0.734. The van der Waals surface area contributed by atoms with Crippen LogP contribution in [0.1, 0.15) is 0 Å². The van der Waals surface area contributed by atoms with E-state index in [1.54, 1.807) is 0 Å². The standard InChI is InChI=1S/C41H24N6/c1-3-10-25(11-4-1)45-32-15-8-7-14-27(32)38-34(45)17-18-35-39(38)30-22-29-28(23-37(30)46(35)26-12-5-2-6-13-26)31-24-42-21-19-33(31)47-36-16-9-20-43-40(36)44-41(29)47/h1-24H. The van der Waals surface area contributed by atoms with Gasteiger partial charge < -0.3 is 9.13 Å². The first-order valence-corrected chi connectivity index (χ1v) is 15.8. The first-order chi connectivity index (χ1) is 23.3. The lowest BCUT2D eigenvalue weighted by Crippen LogP contribution is -1.95. The van der Waals surface area contributed by atoms with Crippen LogP contribution in [0.2, 0.25) is 0 Å². The summed E-state index contributed by atoms with van der Waals surface area (Å²) in [5.41, 5.74) is 10.6. The van der Waals surface area contributed by atoms with E-state index >= 15 is 0 Å². The van der Waals surface area contributed by atoms with Crippen LogP contribution in [0, 0.1) is 0 Å². The molecule has 11 aromatic rings. The molecule has 0 saturated carbocycles. The van der Waals surface area contributed by atoms with Gasteiger partial charge in [-0.25, -0.2) is 9.97 Å². The first kappa shape index (κ1) is 24.8. The summed E-state index contributed by atoms with van der Waals surface area (Å²) in [5, 5.41) is 8.16. The molecule has 0 aliphatic heterocycles. The molecule has 11 rings (SSSR count). The molecule has 218 valence electrons. The van der Waals surface area contributed by atoms with E-state index in [2.05, 4.69) is 145 Å². The molecule has 6 heterocycles. The van der Waals surface area contributed by atoms with E-state index in [4.69, 9.17) is 4.98 Å². The van der Waals surface area contributed by atoms with Crippen LogP contribution in [-0.2, 0) is 0 Å². The number of imidazole rings is 1. The Balaban J connectivity index is 1.42. The van der Waals surface area contributed by atoms with Gasteiger partial charge in [0.1, 0.15) is 5.65 Å². The fourth-order valence-electron chi connectivity index (χ4n) is 7.86. The number of pyridine rings is 3. The largest absolute Gasteiger partial charge is 0.309 e. The Bertz CT molecular complexity index is 3060. The van der Waals surface area contributed by atoms with Crippen molar-refractivity contribution in [3.05, 3.63) is 146 Å². The van der Waals surface area contributed by atoms with Crippen LogP contribution in [-0.4, -0.2) is 28.5 Å². The van der Waals surface area contributed by atoms with Crippen molar-refractivity contribution in [2.45, 2.75) is 0 Å². The number of para-hydroxylation sites is 3. The average Bonchev–Trinajstić information content (AvgIpc) is 3.79. The molecule has 0 aliphatic rings. The highest BCUT2D eigenvalue weighted by Crippen LogP contribution is 2.44. The molecule has 0 atom stereocenters. The zero-order chi connectivity index (χ0) is 30.6. The van der Waals surface area contributed by atoms with Crippen molar-refractivity contribution < 1.29 is 0 Å². The second-order valence-corrected chi connectivity index (χ2v) is 12.1. The molecule has 0 saturated heterocycles. The molecule has 6 nitrogen and oxygen atoms in total. The van der Waals surface area contributed by atoms with Gasteiger partial charge in [0.2, 0.25) is 0 Å². The first-order valence-electron chi connectivity index (χ1n) is 15.8. The van der Waals surface area contributed by atoms with Gasteiger partial charge >= 0.3 is 0 Å². The molecular formula is C41H24N6. The van der Waals surface area contributed by atoms with Crippen molar-refractivity contribution in [2.75, 3.05) is 0 Å². The molecule has 6 aromatic heterocycles. The van der Waals surface area contributed by atoms with Crippen molar-refractivity contribution in [2.24, 2.45) is 0 Å². The van der Waals surface area contributed by atoms with Crippen LogP contribution >= 0.6 is 0 Å². The van der Waals surface area contributed by atoms with Gasteiger partial charge in [-0.05, 0) is 78.2 Å². The summed E-state index contributed by atoms with van der Waals surface area (Å²) in [6, 6.07) is 45.5. The lowest BCUT2D eigenvalue weighted by molar-refractivity contribution is 1.17. The molecule has 0 aliphatic carbocycles. The third kappa shape index (κ3) is 3.21. The number of rotatable bonds is 2. The number of nitrogens with zero attached hydrogens (tertiary/aromatic N) is 6. The van der Waals surface area contributed by atoms with Crippen molar-refractivity contribution in [1.29, 1.82) is 0 Å². The molecule has 0 amide bonds. The monoisotopic (exact) mass is 600 g/mol. The lowest BCUT2D eigenvalue weighted by Gasteiger charge is -2.11. The minimum Gasteiger partial charge on any atom is -0.309 e. The highest BCUT2D eigenvalue weighted by atomic mass is 15.1. The summed E-state index contributed by atoms with van der Waals surface area (Å²) in [4.78, 5) is 14.3. The van der Waals surface area contributed by atoms with Gasteiger partial charge in [0.15, 0.2) is 5.65 Å². The smallest absolute Gasteiger partial charge is 0.178 e. The van der Waals surface area contributed by atoms with Gasteiger partial charge in [-0.15, -0.1) is 0 Å². The van der Waals surface area contributed by atoms with Crippen LogP contribution < -0.4 is 0 Å². The highest BCUT2D eigenvalue weighted by molar-refractivity contribution is 6.31. The van der Waals surface area contributed by atoms with Crippen LogP contribution in [0.5, 0.6) is 0 Å². The van der Waals surface area contributed by atoms with Crippen LogP contribution in [0.3, 0.4) is 0 Å². The van der Waals surface area contributed by atoms with E-state index in [1.807, 2.05) is 24.7 Å². The predicted octanol–water partition coefficient (Wildman–Crippen LogP) is 9.78. The van der Waals surface area contributed by atoms with E-state index in [0.717, 1.165) is 55.4 Å². The number of fused-ring (bicyclic) bond motifs is 15. The van der Waals surface area contributed by atoms with Crippen LogP contribution in [0.15, 0.2) is 146 Å². The summed E-state index contributed by atoms with van der Waals surface area (Å²) >= 11 is 0. The molecule has 0 radical (unpaired) electrons. The van der Waals surface area contributed by atoms with Gasteiger partial charge in [0.05, 0.1) is 33.1 Å². The van der Waals surface area contributed by atoms with Crippen LogP contribution in [0.25, 0.3) is 93.5 Å². The summed E-state index contributed by atoms with van der Waals surface area (Å²) in [5.74, 6) is 0. The van der Waals surface area contributed by atoms with Gasteiger partial charge in [-0.3, -0.25) is 9.38 Å². The molecule has 6 heteroatoms. The maximum Gasteiger partial charge on any atom is 0.178 e. The van der Waals surface area contributed by atoms with Gasteiger partial charge in [0.25, 0.3) is 0 Å². The SMILES string of the molecule is c1ccc(-n2c3ccccc3c3c4c5cc6c(cc5n(-c5ccccc5)c4ccc32)c2cnccc2n2c3cccnc3nc62)cc1. The summed E-state index contributed by atoms with van der Waals surface area (Å²) in [7, 11) is 0. The lowest BCUT2D eigenvalue weighted by atomic mass is 10.0. The van der Waals surface area contributed by atoms with E-state index in [-0.39, 0.29) is 0 Å². The topological polar surface area (TPSA) is 52.9 Å². The fraction of sp³-hybridized carbons (Fsp3) is 0. The Hall–Kier alpha value is -6.53. The Kier molecular flexibility index (Phi) is 4.75. The third-order valence-corrected chi connectivity index (χ3v) is 9.73. The normalized spacial score (nSPS) is 12.3. The van der Waals surface area contributed by atoms with Crippen molar-refractivity contribution >= 4 is 82.1 Å². The van der Waals surface area contributed by atoms with E-state index in [1.165, 1.54) is 38.1 Å². The zero-order valence-electron chi connectivity index (χ0n) is 25.0. The molecule has 0 fully saturated rings.